The van der Waals surface area contributed by atoms with Crippen molar-refractivity contribution in [3.05, 3.63) is 29.8 Å². The fraction of sp³-hybridized carbons (Fsp3) is 0.650. The Balaban J connectivity index is 1.57. The molecule has 3 fully saturated rings. The second-order valence-corrected chi connectivity index (χ2v) is 7.93. The molecule has 3 aliphatic rings. The number of methoxy groups -OCH3 is 1. The topological polar surface area (TPSA) is 50.4 Å². The Morgan fingerprint density at radius 3 is 2.96 bits per heavy atom. The summed E-state index contributed by atoms with van der Waals surface area (Å²) in [5, 5.41) is 6.71. The third kappa shape index (κ3) is 2.81. The summed E-state index contributed by atoms with van der Waals surface area (Å²) in [4.78, 5) is 13.3. The van der Waals surface area contributed by atoms with E-state index >= 15 is 0 Å². The van der Waals surface area contributed by atoms with E-state index in [9.17, 15) is 4.79 Å². The monoisotopic (exact) mass is 328 g/mol. The molecular formula is C20H28N2O2. The van der Waals surface area contributed by atoms with E-state index in [-0.39, 0.29) is 5.41 Å². The lowest BCUT2D eigenvalue weighted by molar-refractivity contribution is -0.134. The van der Waals surface area contributed by atoms with Gasteiger partial charge in [-0.2, -0.15) is 0 Å². The SMILES string of the molecule is COc1cccc(CC2(C(=O)NC3CCNC3)CC3CCC2C3)c1. The quantitative estimate of drug-likeness (QED) is 0.873. The van der Waals surface area contributed by atoms with Crippen molar-refractivity contribution in [3.8, 4) is 5.75 Å². The fourth-order valence-corrected chi connectivity index (χ4v) is 5.27. The van der Waals surface area contributed by atoms with Gasteiger partial charge < -0.3 is 15.4 Å². The lowest BCUT2D eigenvalue weighted by Crippen LogP contribution is -2.50. The minimum Gasteiger partial charge on any atom is -0.497 e. The molecule has 1 amide bonds. The van der Waals surface area contributed by atoms with Crippen LogP contribution in [0.25, 0.3) is 0 Å². The summed E-state index contributed by atoms with van der Waals surface area (Å²) < 4.78 is 5.37. The maximum absolute atomic E-state index is 13.3. The molecule has 1 aliphatic heterocycles. The molecule has 2 N–H and O–H groups in total. The maximum Gasteiger partial charge on any atom is 0.227 e. The van der Waals surface area contributed by atoms with Crippen LogP contribution in [0.5, 0.6) is 5.75 Å². The fourth-order valence-electron chi connectivity index (χ4n) is 5.27. The van der Waals surface area contributed by atoms with Crippen LogP contribution < -0.4 is 15.4 Å². The molecular weight excluding hydrogens is 300 g/mol. The highest BCUT2D eigenvalue weighted by molar-refractivity contribution is 5.84. The van der Waals surface area contributed by atoms with E-state index in [1.165, 1.54) is 24.8 Å². The number of nitrogens with one attached hydrogen (secondary N) is 2. The first-order valence-electron chi connectivity index (χ1n) is 9.34. The molecule has 2 aliphatic carbocycles. The van der Waals surface area contributed by atoms with E-state index in [0.717, 1.165) is 44.0 Å². The van der Waals surface area contributed by atoms with Crippen LogP contribution in [0.1, 0.15) is 37.7 Å². The van der Waals surface area contributed by atoms with Crippen molar-refractivity contribution in [1.82, 2.24) is 10.6 Å². The molecule has 0 radical (unpaired) electrons. The molecule has 0 spiro atoms. The third-order valence-electron chi connectivity index (χ3n) is 6.48. The van der Waals surface area contributed by atoms with Gasteiger partial charge in [-0.05, 0) is 68.2 Å². The van der Waals surface area contributed by atoms with Crippen molar-refractivity contribution in [3.63, 3.8) is 0 Å². The molecule has 4 unspecified atom stereocenters. The largest absolute Gasteiger partial charge is 0.497 e. The lowest BCUT2D eigenvalue weighted by atomic mass is 9.68. The number of ether oxygens (including phenoxy) is 1. The zero-order chi connectivity index (χ0) is 16.6. The van der Waals surface area contributed by atoms with Gasteiger partial charge in [0.25, 0.3) is 0 Å². The molecule has 4 atom stereocenters. The Hall–Kier alpha value is -1.55. The zero-order valence-corrected chi connectivity index (χ0v) is 14.5. The van der Waals surface area contributed by atoms with Crippen LogP contribution in [0.15, 0.2) is 24.3 Å². The van der Waals surface area contributed by atoms with Gasteiger partial charge in [-0.25, -0.2) is 0 Å². The first-order valence-corrected chi connectivity index (χ1v) is 9.34. The second-order valence-electron chi connectivity index (χ2n) is 7.93. The number of carbonyl (C=O) groups excluding carboxylic acids is 1. The molecule has 4 nitrogen and oxygen atoms in total. The van der Waals surface area contributed by atoms with Gasteiger partial charge in [0.1, 0.15) is 5.75 Å². The third-order valence-corrected chi connectivity index (χ3v) is 6.48. The van der Waals surface area contributed by atoms with E-state index in [1.807, 2.05) is 12.1 Å². The normalized spacial score (nSPS) is 34.5. The molecule has 1 aromatic carbocycles. The summed E-state index contributed by atoms with van der Waals surface area (Å²) in [6.45, 7) is 1.93. The molecule has 1 heterocycles. The molecule has 4 heteroatoms. The minimum absolute atomic E-state index is 0.210. The van der Waals surface area contributed by atoms with E-state index < -0.39 is 0 Å². The van der Waals surface area contributed by atoms with Crippen LogP contribution >= 0.6 is 0 Å². The van der Waals surface area contributed by atoms with Crippen molar-refractivity contribution in [2.75, 3.05) is 20.2 Å². The minimum atomic E-state index is -0.210. The highest BCUT2D eigenvalue weighted by Crippen LogP contribution is 2.57. The van der Waals surface area contributed by atoms with Gasteiger partial charge in [0.2, 0.25) is 5.91 Å². The van der Waals surface area contributed by atoms with Crippen LogP contribution in [0.4, 0.5) is 0 Å². The summed E-state index contributed by atoms with van der Waals surface area (Å²) in [6, 6.07) is 8.55. The van der Waals surface area contributed by atoms with E-state index in [2.05, 4.69) is 22.8 Å². The summed E-state index contributed by atoms with van der Waals surface area (Å²) >= 11 is 0. The molecule has 130 valence electrons. The van der Waals surface area contributed by atoms with Gasteiger partial charge in [-0.3, -0.25) is 4.79 Å². The molecule has 2 bridgehead atoms. The summed E-state index contributed by atoms with van der Waals surface area (Å²) in [5.41, 5.74) is 1.01. The number of hydrogen-bond acceptors (Lipinski definition) is 3. The number of amides is 1. The van der Waals surface area contributed by atoms with Crippen molar-refractivity contribution in [2.24, 2.45) is 17.3 Å². The summed E-state index contributed by atoms with van der Waals surface area (Å²) in [6.07, 6.45) is 6.71. The van der Waals surface area contributed by atoms with Crippen molar-refractivity contribution in [1.29, 1.82) is 0 Å². The van der Waals surface area contributed by atoms with Gasteiger partial charge in [0.15, 0.2) is 0 Å². The van der Waals surface area contributed by atoms with Crippen LogP contribution in [0, 0.1) is 17.3 Å². The average molecular weight is 328 g/mol. The second kappa shape index (κ2) is 6.40. The van der Waals surface area contributed by atoms with Crippen LogP contribution in [0.2, 0.25) is 0 Å². The highest BCUT2D eigenvalue weighted by Gasteiger charge is 2.55. The van der Waals surface area contributed by atoms with Gasteiger partial charge in [0, 0.05) is 12.6 Å². The number of benzene rings is 1. The zero-order valence-electron chi connectivity index (χ0n) is 14.5. The molecule has 1 saturated heterocycles. The summed E-state index contributed by atoms with van der Waals surface area (Å²) in [7, 11) is 1.70. The van der Waals surface area contributed by atoms with Gasteiger partial charge in [-0.15, -0.1) is 0 Å². The van der Waals surface area contributed by atoms with E-state index in [0.29, 0.717) is 17.9 Å². The number of rotatable bonds is 5. The standard InChI is InChI=1S/C20H28N2O2/c1-24-18-4-2-3-14(10-18)11-20(12-15-5-6-16(20)9-15)19(23)22-17-7-8-21-13-17/h2-4,10,15-17,21H,5-9,11-13H2,1H3,(H,22,23). The first-order chi connectivity index (χ1) is 11.7. The van der Waals surface area contributed by atoms with Crippen LogP contribution in [-0.2, 0) is 11.2 Å². The lowest BCUT2D eigenvalue weighted by Gasteiger charge is -2.37. The maximum atomic E-state index is 13.3. The van der Waals surface area contributed by atoms with Crippen LogP contribution in [-0.4, -0.2) is 32.1 Å². The number of fused-ring (bicyclic) bond motifs is 2. The Morgan fingerprint density at radius 2 is 2.29 bits per heavy atom. The summed E-state index contributed by atoms with van der Waals surface area (Å²) in [5.74, 6) is 2.47. The Labute approximate surface area is 144 Å². The van der Waals surface area contributed by atoms with Gasteiger partial charge in [0.05, 0.1) is 12.5 Å². The number of carbonyl (C=O) groups is 1. The van der Waals surface area contributed by atoms with Crippen molar-refractivity contribution < 1.29 is 9.53 Å². The highest BCUT2D eigenvalue weighted by atomic mass is 16.5. The van der Waals surface area contributed by atoms with Crippen molar-refractivity contribution in [2.45, 2.75) is 44.6 Å². The average Bonchev–Trinajstić information content (AvgIpc) is 3.32. The van der Waals surface area contributed by atoms with Gasteiger partial charge >= 0.3 is 0 Å². The Morgan fingerprint density at radius 1 is 1.38 bits per heavy atom. The first kappa shape index (κ1) is 15.9. The van der Waals surface area contributed by atoms with Crippen molar-refractivity contribution >= 4 is 5.91 Å². The Kier molecular flexibility index (Phi) is 4.25. The molecule has 1 aromatic rings. The van der Waals surface area contributed by atoms with E-state index in [4.69, 9.17) is 4.74 Å². The van der Waals surface area contributed by atoms with Gasteiger partial charge in [-0.1, -0.05) is 18.6 Å². The smallest absolute Gasteiger partial charge is 0.227 e. The van der Waals surface area contributed by atoms with Crippen LogP contribution in [0.3, 0.4) is 0 Å². The Bertz CT molecular complexity index is 611. The number of hydrogen-bond donors (Lipinski definition) is 2. The predicted molar refractivity (Wildman–Crippen MR) is 94.0 cm³/mol. The molecule has 2 saturated carbocycles. The predicted octanol–water partition coefficient (Wildman–Crippen LogP) is 2.52. The molecule has 0 aromatic heterocycles. The van der Waals surface area contributed by atoms with E-state index in [1.54, 1.807) is 7.11 Å². The molecule has 24 heavy (non-hydrogen) atoms. The molecule has 4 rings (SSSR count).